The number of hydrogen-bond donors (Lipinski definition) is 6. The summed E-state index contributed by atoms with van der Waals surface area (Å²) in [5.41, 5.74) is 12.9. The molecular formula is C39H79N9O14. The number of allylic oxidation sites excluding steroid dienone is 1. The van der Waals surface area contributed by atoms with E-state index in [1.165, 1.54) is 16.9 Å². The fourth-order valence-corrected chi connectivity index (χ4v) is 4.64. The number of rotatable bonds is 46. The molecule has 0 aromatic carbocycles. The Balaban J connectivity index is 4.40. The van der Waals surface area contributed by atoms with Crippen LogP contribution >= 0.6 is 0 Å². The molecule has 0 saturated heterocycles. The second-order valence-corrected chi connectivity index (χ2v) is 13.3. The van der Waals surface area contributed by atoms with Gasteiger partial charge < -0.3 is 89.1 Å². The van der Waals surface area contributed by atoms with Crippen molar-refractivity contribution in [2.24, 2.45) is 23.2 Å². The smallest absolute Gasteiger partial charge is 0.225 e. The van der Waals surface area contributed by atoms with Gasteiger partial charge in [-0.05, 0) is 6.92 Å². The van der Waals surface area contributed by atoms with Crippen molar-refractivity contribution < 1.29 is 66.5 Å². The van der Waals surface area contributed by atoms with Gasteiger partial charge in [-0.2, -0.15) is 0 Å². The van der Waals surface area contributed by atoms with Gasteiger partial charge in [-0.1, -0.05) is 0 Å². The molecule has 0 spiro atoms. The van der Waals surface area contributed by atoms with E-state index < -0.39 is 0 Å². The molecule has 3 amide bonds. The summed E-state index contributed by atoms with van der Waals surface area (Å²) in [6, 6.07) is 0. The van der Waals surface area contributed by atoms with Gasteiger partial charge in [-0.15, -0.1) is 0 Å². The number of nitrogens with two attached hydrogens (primary N) is 4. The summed E-state index contributed by atoms with van der Waals surface area (Å²) in [7, 11) is 1.59. The number of nitrogens with one attached hydrogen (secondary N) is 2. The molecule has 0 aromatic rings. The quantitative estimate of drug-likeness (QED) is 0.0212. The summed E-state index contributed by atoms with van der Waals surface area (Å²) >= 11 is 0. The molecular weight excluding hydrogens is 818 g/mol. The molecule has 0 bridgehead atoms. The summed E-state index contributed by atoms with van der Waals surface area (Å²) < 4.78 is 60.6. The summed E-state index contributed by atoms with van der Waals surface area (Å²) in [6.07, 6.45) is 3.64. The maximum atomic E-state index is 13.2. The van der Waals surface area contributed by atoms with Gasteiger partial charge >= 0.3 is 0 Å². The van der Waals surface area contributed by atoms with E-state index in [0.717, 1.165) is 0 Å². The van der Waals surface area contributed by atoms with Gasteiger partial charge in [0.15, 0.2) is 0 Å². The van der Waals surface area contributed by atoms with Crippen LogP contribution in [-0.2, 0) is 66.5 Å². The van der Waals surface area contributed by atoms with Crippen LogP contribution in [0.25, 0.3) is 0 Å². The predicted octanol–water partition coefficient (Wildman–Crippen LogP) is -2.37. The van der Waals surface area contributed by atoms with Crippen LogP contribution in [0.5, 0.6) is 0 Å². The van der Waals surface area contributed by atoms with Crippen molar-refractivity contribution in [1.29, 1.82) is 0 Å². The molecule has 0 aliphatic heterocycles. The Labute approximate surface area is 368 Å². The maximum Gasteiger partial charge on any atom is 0.225 e. The number of amides is 3. The highest BCUT2D eigenvalue weighted by molar-refractivity contribution is 5.76. The lowest BCUT2D eigenvalue weighted by atomic mass is 10.3. The summed E-state index contributed by atoms with van der Waals surface area (Å²) in [6.45, 7) is 13.3. The van der Waals surface area contributed by atoms with E-state index in [-0.39, 0.29) is 50.4 Å². The second-order valence-electron chi connectivity index (χ2n) is 13.3. The zero-order valence-electron chi connectivity index (χ0n) is 37.5. The van der Waals surface area contributed by atoms with Crippen LogP contribution in [-0.4, -0.2) is 218 Å². The molecule has 23 heteroatoms. The molecule has 364 valence electrons. The van der Waals surface area contributed by atoms with Crippen molar-refractivity contribution in [3.05, 3.63) is 23.8 Å². The van der Waals surface area contributed by atoms with Crippen molar-refractivity contribution in [3.8, 4) is 0 Å². The van der Waals surface area contributed by atoms with Gasteiger partial charge in [-0.25, -0.2) is 11.7 Å². The number of carbonyl (C=O) groups is 3. The van der Waals surface area contributed by atoms with Gasteiger partial charge in [0, 0.05) is 57.3 Å². The molecule has 0 rings (SSSR count). The molecule has 62 heavy (non-hydrogen) atoms. The van der Waals surface area contributed by atoms with Crippen molar-refractivity contribution in [2.75, 3.05) is 185 Å². The van der Waals surface area contributed by atoms with Crippen LogP contribution < -0.4 is 33.8 Å². The standard InChI is InChI=1S/C39H79N9O14/c1-35(40)32-47(42)8-14-56-19-16-53-11-5-39(51)46(7-13-55-20-24-60-29-31-62-30-27-59-23-18-54-12-6-45-36(2)49)33-37(41)34-48(43)9-15-57-21-25-61-28-26-58-22-17-52-10-4-38(50)44-3/h32,34H,4-31,33,40-43H2,1-3H3,(H,44,50)(H,45,49)/b35-32-,37-34-. The van der Waals surface area contributed by atoms with E-state index in [1.807, 2.05) is 0 Å². The van der Waals surface area contributed by atoms with E-state index in [4.69, 9.17) is 75.3 Å². The van der Waals surface area contributed by atoms with Crippen molar-refractivity contribution in [2.45, 2.75) is 26.7 Å². The van der Waals surface area contributed by atoms with Crippen molar-refractivity contribution in [1.82, 2.24) is 25.6 Å². The highest BCUT2D eigenvalue weighted by atomic mass is 16.6. The molecule has 0 fully saturated rings. The minimum Gasteiger partial charge on any atom is -0.401 e. The number of hydrogen-bond acceptors (Lipinski definition) is 20. The van der Waals surface area contributed by atoms with Crippen LogP contribution in [0, 0.1) is 0 Å². The lowest BCUT2D eigenvalue weighted by Crippen LogP contribution is -2.39. The monoisotopic (exact) mass is 898 g/mol. The zero-order valence-corrected chi connectivity index (χ0v) is 37.5. The van der Waals surface area contributed by atoms with E-state index in [0.29, 0.717) is 170 Å². The predicted molar refractivity (Wildman–Crippen MR) is 230 cm³/mol. The fraction of sp³-hybridized carbons (Fsp3) is 0.821. The molecule has 0 aliphatic rings. The molecule has 0 radical (unpaired) electrons. The Morgan fingerprint density at radius 2 is 0.839 bits per heavy atom. The number of nitrogens with zero attached hydrogens (tertiary/aromatic N) is 3. The Kier molecular flexibility index (Phi) is 41.7. The third-order valence-corrected chi connectivity index (χ3v) is 7.73. The fourth-order valence-electron chi connectivity index (χ4n) is 4.64. The van der Waals surface area contributed by atoms with Gasteiger partial charge in [0.25, 0.3) is 0 Å². The molecule has 0 unspecified atom stereocenters. The van der Waals surface area contributed by atoms with Gasteiger partial charge in [0.2, 0.25) is 17.7 Å². The van der Waals surface area contributed by atoms with Crippen LogP contribution in [0.15, 0.2) is 23.8 Å². The molecule has 0 aliphatic carbocycles. The van der Waals surface area contributed by atoms with Gasteiger partial charge in [0.05, 0.1) is 171 Å². The highest BCUT2D eigenvalue weighted by Gasteiger charge is 2.15. The van der Waals surface area contributed by atoms with Crippen molar-refractivity contribution in [3.63, 3.8) is 0 Å². The average molecular weight is 898 g/mol. The Bertz CT molecular complexity index is 1140. The molecule has 0 saturated carbocycles. The average Bonchev–Trinajstić information content (AvgIpc) is 3.23. The normalized spacial score (nSPS) is 11.8. The Morgan fingerprint density at radius 3 is 1.24 bits per heavy atom. The van der Waals surface area contributed by atoms with Crippen LogP contribution in [0.4, 0.5) is 0 Å². The first kappa shape index (κ1) is 58.6. The van der Waals surface area contributed by atoms with Crippen molar-refractivity contribution >= 4 is 17.7 Å². The third-order valence-electron chi connectivity index (χ3n) is 7.73. The second kappa shape index (κ2) is 44.2. The van der Waals surface area contributed by atoms with E-state index in [1.54, 1.807) is 31.3 Å². The molecule has 0 aromatic heterocycles. The topological polar surface area (TPSA) is 291 Å². The lowest BCUT2D eigenvalue weighted by molar-refractivity contribution is -0.133. The summed E-state index contributed by atoms with van der Waals surface area (Å²) in [5, 5.41) is 8.05. The van der Waals surface area contributed by atoms with E-state index in [2.05, 4.69) is 10.6 Å². The van der Waals surface area contributed by atoms with Crippen LogP contribution in [0.2, 0.25) is 0 Å². The minimum absolute atomic E-state index is 0.0642. The van der Waals surface area contributed by atoms with Gasteiger partial charge in [0.1, 0.15) is 0 Å². The minimum atomic E-state index is -0.163. The molecule has 0 heterocycles. The first-order valence-electron chi connectivity index (χ1n) is 21.1. The molecule has 10 N–H and O–H groups in total. The highest BCUT2D eigenvalue weighted by Crippen LogP contribution is 2.01. The first-order chi connectivity index (χ1) is 30.0. The van der Waals surface area contributed by atoms with Crippen LogP contribution in [0.3, 0.4) is 0 Å². The van der Waals surface area contributed by atoms with E-state index in [9.17, 15) is 14.4 Å². The summed E-state index contributed by atoms with van der Waals surface area (Å²) in [5.74, 6) is 11.6. The lowest BCUT2D eigenvalue weighted by Gasteiger charge is -2.24. The zero-order chi connectivity index (χ0) is 45.7. The number of carbonyl (C=O) groups excluding carboxylic acids is 3. The first-order valence-corrected chi connectivity index (χ1v) is 21.1. The van der Waals surface area contributed by atoms with Gasteiger partial charge in [-0.3, -0.25) is 14.4 Å². The Morgan fingerprint density at radius 1 is 0.484 bits per heavy atom. The largest absolute Gasteiger partial charge is 0.401 e. The molecule has 0 atom stereocenters. The summed E-state index contributed by atoms with van der Waals surface area (Å²) in [4.78, 5) is 36.7. The molecule has 23 nitrogen and oxygen atoms in total. The SMILES string of the molecule is CNC(=O)CCOCCOCCOCCOCCN(N)/C=C(\N)CN(CCOCCOCCOCCOCCOCCNC(C)=O)C(=O)CCOCCOCCN(N)/C=C(/C)N. The Hall–Kier alpha value is -3.43. The number of ether oxygens (including phenoxy) is 11. The number of hydrazine groups is 2. The van der Waals surface area contributed by atoms with Crippen LogP contribution in [0.1, 0.15) is 26.7 Å². The van der Waals surface area contributed by atoms with E-state index >= 15 is 0 Å². The third kappa shape index (κ3) is 43.2. The maximum absolute atomic E-state index is 13.2.